The van der Waals surface area contributed by atoms with Gasteiger partial charge in [-0.1, -0.05) is 30.3 Å². The van der Waals surface area contributed by atoms with E-state index >= 15 is 0 Å². The van der Waals surface area contributed by atoms with Crippen LogP contribution in [0.3, 0.4) is 0 Å². The fraction of sp³-hybridized carbons (Fsp3) is 0.176. The third-order valence-electron chi connectivity index (χ3n) is 3.15. The fourth-order valence-electron chi connectivity index (χ4n) is 1.84. The van der Waals surface area contributed by atoms with Gasteiger partial charge in [0.2, 0.25) is 0 Å². The van der Waals surface area contributed by atoms with Crippen molar-refractivity contribution in [2.75, 3.05) is 5.32 Å². The van der Waals surface area contributed by atoms with Crippen LogP contribution in [0.2, 0.25) is 0 Å². The lowest BCUT2D eigenvalue weighted by Gasteiger charge is -2.13. The van der Waals surface area contributed by atoms with Crippen LogP contribution in [0.25, 0.3) is 0 Å². The van der Waals surface area contributed by atoms with Crippen molar-refractivity contribution in [3.8, 4) is 0 Å². The van der Waals surface area contributed by atoms with Gasteiger partial charge in [0.05, 0.1) is 5.71 Å². The van der Waals surface area contributed by atoms with E-state index in [0.29, 0.717) is 5.71 Å². The Morgan fingerprint density at radius 2 is 1.73 bits per heavy atom. The molecule has 0 spiro atoms. The normalized spacial score (nSPS) is 12.6. The Hall–Kier alpha value is -2.69. The number of halogens is 1. The van der Waals surface area contributed by atoms with Gasteiger partial charge in [-0.15, -0.1) is 0 Å². The highest BCUT2D eigenvalue weighted by Crippen LogP contribution is 2.07. The largest absolute Gasteiger partial charge is 0.374 e. The van der Waals surface area contributed by atoms with E-state index in [2.05, 4.69) is 15.8 Å². The summed E-state index contributed by atoms with van der Waals surface area (Å²) in [5.74, 6) is -0.549. The molecule has 2 rings (SSSR count). The summed E-state index contributed by atoms with van der Waals surface area (Å²) in [7, 11) is 0. The number of hydrogen-bond donors (Lipinski definition) is 2. The molecule has 2 N–H and O–H groups in total. The van der Waals surface area contributed by atoms with Gasteiger partial charge in [0, 0.05) is 5.69 Å². The molecule has 1 unspecified atom stereocenters. The minimum atomic E-state index is -0.424. The van der Waals surface area contributed by atoms with Gasteiger partial charge < -0.3 is 5.32 Å². The number of carbonyl (C=O) groups is 1. The van der Waals surface area contributed by atoms with E-state index in [-0.39, 0.29) is 11.7 Å². The smallest absolute Gasteiger partial charge is 0.262 e. The zero-order valence-electron chi connectivity index (χ0n) is 12.5. The molecule has 0 aliphatic carbocycles. The number of hydrogen-bond acceptors (Lipinski definition) is 3. The Bertz CT molecular complexity index is 653. The maximum absolute atomic E-state index is 12.9. The molecule has 0 saturated heterocycles. The van der Waals surface area contributed by atoms with Gasteiger partial charge in [-0.05, 0) is 43.7 Å². The maximum atomic E-state index is 12.9. The number of para-hydroxylation sites is 1. The quantitative estimate of drug-likeness (QED) is 0.658. The molecule has 2 aromatic carbocycles. The first-order chi connectivity index (χ1) is 10.6. The minimum absolute atomic E-state index is 0.245. The van der Waals surface area contributed by atoms with Gasteiger partial charge in [-0.3, -0.25) is 4.79 Å². The number of nitrogens with one attached hydrogen (secondary N) is 2. The van der Waals surface area contributed by atoms with Crippen LogP contribution in [-0.4, -0.2) is 17.7 Å². The summed E-state index contributed by atoms with van der Waals surface area (Å²) in [5, 5.41) is 7.12. The molecule has 0 aliphatic rings. The standard InChI is InChI=1S/C17H18FN3O/c1-12(14-8-10-15(18)11-9-14)20-21-17(22)13(2)19-16-6-4-3-5-7-16/h3-11,13,19H,1-2H3,(H,21,22)/b20-12+. The van der Waals surface area contributed by atoms with Crippen molar-refractivity contribution in [3.63, 3.8) is 0 Å². The second-order valence-corrected chi connectivity index (χ2v) is 4.91. The number of carbonyl (C=O) groups excluding carboxylic acids is 1. The number of nitrogens with zero attached hydrogens (tertiary/aromatic N) is 1. The van der Waals surface area contributed by atoms with Crippen LogP contribution in [-0.2, 0) is 4.79 Å². The van der Waals surface area contributed by atoms with Crippen molar-refractivity contribution in [1.82, 2.24) is 5.43 Å². The van der Waals surface area contributed by atoms with Crippen LogP contribution in [0.15, 0.2) is 59.7 Å². The molecular formula is C17H18FN3O. The van der Waals surface area contributed by atoms with Crippen LogP contribution >= 0.6 is 0 Å². The van der Waals surface area contributed by atoms with Crippen molar-refractivity contribution in [3.05, 3.63) is 66.0 Å². The first-order valence-electron chi connectivity index (χ1n) is 6.98. The van der Waals surface area contributed by atoms with Gasteiger partial charge in [0.15, 0.2) is 0 Å². The molecule has 0 heterocycles. The topological polar surface area (TPSA) is 53.5 Å². The first-order valence-corrected chi connectivity index (χ1v) is 6.98. The fourth-order valence-corrected chi connectivity index (χ4v) is 1.84. The highest BCUT2D eigenvalue weighted by Gasteiger charge is 2.11. The van der Waals surface area contributed by atoms with Gasteiger partial charge >= 0.3 is 0 Å². The van der Waals surface area contributed by atoms with E-state index in [1.807, 2.05) is 30.3 Å². The number of amides is 1. The molecule has 22 heavy (non-hydrogen) atoms. The van der Waals surface area contributed by atoms with E-state index in [0.717, 1.165) is 11.3 Å². The summed E-state index contributed by atoms with van der Waals surface area (Å²) in [6, 6.07) is 15.0. The summed E-state index contributed by atoms with van der Waals surface area (Å²) in [6.07, 6.45) is 0. The lowest BCUT2D eigenvalue weighted by atomic mass is 10.1. The van der Waals surface area contributed by atoms with E-state index < -0.39 is 6.04 Å². The van der Waals surface area contributed by atoms with Crippen LogP contribution in [0, 0.1) is 5.82 Å². The molecule has 0 bridgehead atoms. The number of anilines is 1. The Balaban J connectivity index is 1.93. The molecular weight excluding hydrogens is 281 g/mol. The number of benzene rings is 2. The molecule has 0 fully saturated rings. The first kappa shape index (κ1) is 15.7. The van der Waals surface area contributed by atoms with Crippen molar-refractivity contribution in [1.29, 1.82) is 0 Å². The van der Waals surface area contributed by atoms with E-state index in [9.17, 15) is 9.18 Å². The molecule has 0 saturated carbocycles. The van der Waals surface area contributed by atoms with Gasteiger partial charge in [-0.2, -0.15) is 5.10 Å². The lowest BCUT2D eigenvalue weighted by Crippen LogP contribution is -2.35. The third-order valence-corrected chi connectivity index (χ3v) is 3.15. The van der Waals surface area contributed by atoms with E-state index in [1.165, 1.54) is 12.1 Å². The average molecular weight is 299 g/mol. The average Bonchev–Trinajstić information content (AvgIpc) is 2.53. The van der Waals surface area contributed by atoms with Crippen molar-refractivity contribution in [2.45, 2.75) is 19.9 Å². The van der Waals surface area contributed by atoms with Gasteiger partial charge in [-0.25, -0.2) is 9.82 Å². The molecule has 4 nitrogen and oxygen atoms in total. The van der Waals surface area contributed by atoms with Crippen LogP contribution in [0.5, 0.6) is 0 Å². The molecule has 1 atom stereocenters. The second-order valence-electron chi connectivity index (χ2n) is 4.91. The molecule has 0 aromatic heterocycles. The Morgan fingerprint density at radius 3 is 2.36 bits per heavy atom. The summed E-state index contributed by atoms with van der Waals surface area (Å²) < 4.78 is 12.9. The summed E-state index contributed by atoms with van der Waals surface area (Å²) in [4.78, 5) is 12.0. The zero-order valence-corrected chi connectivity index (χ0v) is 12.5. The minimum Gasteiger partial charge on any atom is -0.374 e. The Kier molecular flexibility index (Phi) is 5.25. The summed E-state index contributed by atoms with van der Waals surface area (Å²) in [5.41, 5.74) is 4.74. The molecule has 0 radical (unpaired) electrons. The molecule has 1 amide bonds. The predicted octanol–water partition coefficient (Wildman–Crippen LogP) is 3.17. The van der Waals surface area contributed by atoms with Crippen molar-refractivity contribution >= 4 is 17.3 Å². The summed E-state index contributed by atoms with van der Waals surface area (Å²) >= 11 is 0. The maximum Gasteiger partial charge on any atom is 0.262 e. The Labute approximate surface area is 129 Å². The lowest BCUT2D eigenvalue weighted by molar-refractivity contribution is -0.121. The van der Waals surface area contributed by atoms with Crippen LogP contribution in [0.4, 0.5) is 10.1 Å². The molecule has 114 valence electrons. The van der Waals surface area contributed by atoms with Crippen LogP contribution in [0.1, 0.15) is 19.4 Å². The summed E-state index contributed by atoms with van der Waals surface area (Å²) in [6.45, 7) is 3.51. The SMILES string of the molecule is C/C(=N\NC(=O)C(C)Nc1ccccc1)c1ccc(F)cc1. The monoisotopic (exact) mass is 299 g/mol. The predicted molar refractivity (Wildman–Crippen MR) is 86.3 cm³/mol. The highest BCUT2D eigenvalue weighted by atomic mass is 19.1. The second kappa shape index (κ2) is 7.36. The van der Waals surface area contributed by atoms with E-state index in [1.54, 1.807) is 26.0 Å². The van der Waals surface area contributed by atoms with Crippen molar-refractivity contribution < 1.29 is 9.18 Å². The van der Waals surface area contributed by atoms with Crippen molar-refractivity contribution in [2.24, 2.45) is 5.10 Å². The molecule has 2 aromatic rings. The third kappa shape index (κ3) is 4.41. The van der Waals surface area contributed by atoms with Crippen LogP contribution < -0.4 is 10.7 Å². The Morgan fingerprint density at radius 1 is 1.09 bits per heavy atom. The number of rotatable bonds is 5. The highest BCUT2D eigenvalue weighted by molar-refractivity contribution is 5.99. The number of hydrazone groups is 1. The molecule has 5 heteroatoms. The molecule has 0 aliphatic heterocycles. The van der Waals surface area contributed by atoms with Gasteiger partial charge in [0.1, 0.15) is 11.9 Å². The zero-order chi connectivity index (χ0) is 15.9. The van der Waals surface area contributed by atoms with E-state index in [4.69, 9.17) is 0 Å². The van der Waals surface area contributed by atoms with Gasteiger partial charge in [0.25, 0.3) is 5.91 Å².